The quantitative estimate of drug-likeness (QED) is 0.0889. The summed E-state index contributed by atoms with van der Waals surface area (Å²) in [5.74, 6) is 0. The highest BCUT2D eigenvalue weighted by molar-refractivity contribution is 6.89. The monoisotopic (exact) mass is 960 g/mol. The molecule has 0 bridgehead atoms. The van der Waals surface area contributed by atoms with Crippen molar-refractivity contribution in [2.45, 2.75) is 39.3 Å². The van der Waals surface area contributed by atoms with E-state index in [9.17, 15) is 0 Å². The lowest BCUT2D eigenvalue weighted by Crippen LogP contribution is -2.37. The van der Waals surface area contributed by atoms with Gasteiger partial charge < -0.3 is 9.80 Å². The smallest absolute Gasteiger partial charge is 0.0775 e. The van der Waals surface area contributed by atoms with Crippen molar-refractivity contribution in [1.82, 2.24) is 0 Å². The zero-order valence-corrected chi connectivity index (χ0v) is 44.1. The molecule has 4 heteroatoms. The minimum absolute atomic E-state index is 1.11. The van der Waals surface area contributed by atoms with Crippen molar-refractivity contribution in [2.75, 3.05) is 9.80 Å². The summed E-state index contributed by atoms with van der Waals surface area (Å²) >= 11 is 0. The first-order chi connectivity index (χ1) is 35.0. The van der Waals surface area contributed by atoms with E-state index >= 15 is 0 Å². The van der Waals surface area contributed by atoms with Gasteiger partial charge in [0.1, 0.15) is 0 Å². The summed E-state index contributed by atoms with van der Waals surface area (Å²) in [5, 5.41) is 7.72. The first kappa shape index (κ1) is 46.4. The second kappa shape index (κ2) is 19.3. The molecule has 0 aliphatic heterocycles. The van der Waals surface area contributed by atoms with Gasteiger partial charge in [-0.2, -0.15) is 0 Å². The van der Waals surface area contributed by atoms with Gasteiger partial charge >= 0.3 is 0 Å². The van der Waals surface area contributed by atoms with Crippen LogP contribution < -0.4 is 20.2 Å². The Morgan fingerprint density at radius 3 is 0.764 bits per heavy atom. The molecule has 0 aliphatic carbocycles. The molecule has 11 rings (SSSR count). The van der Waals surface area contributed by atoms with E-state index in [1.807, 2.05) is 0 Å². The summed E-state index contributed by atoms with van der Waals surface area (Å²) in [6, 6.07) is 94.4. The van der Waals surface area contributed by atoms with Gasteiger partial charge in [0.25, 0.3) is 0 Å². The predicted octanol–water partition coefficient (Wildman–Crippen LogP) is 18.7. The SMILES string of the molecule is C[Si](C)(C)c1ccc(N(c2ccc(-c3ccccc3)cc2)c2ccc3c(-c4ccccc4)c4cc(N(c5ccc(-c6ccccc6)cc5)c5ccc([Si](C)(C)C)cc5)ccc4c(-c4ccccc4)c3c2)cc1. The molecule has 0 amide bonds. The lowest BCUT2D eigenvalue weighted by atomic mass is 9.85. The predicted molar refractivity (Wildman–Crippen MR) is 319 cm³/mol. The van der Waals surface area contributed by atoms with Gasteiger partial charge in [0.15, 0.2) is 0 Å². The highest BCUT2D eigenvalue weighted by atomic mass is 28.3. The van der Waals surface area contributed by atoms with Crippen LogP contribution in [0, 0.1) is 0 Å². The van der Waals surface area contributed by atoms with Crippen LogP contribution >= 0.6 is 0 Å². The number of fused-ring (bicyclic) bond motifs is 2. The van der Waals surface area contributed by atoms with Gasteiger partial charge in [-0.1, -0.05) is 232 Å². The van der Waals surface area contributed by atoms with Crippen molar-refractivity contribution >= 4 is 82.2 Å². The maximum Gasteiger partial charge on any atom is 0.0775 e. The van der Waals surface area contributed by atoms with Crippen molar-refractivity contribution in [2.24, 2.45) is 0 Å². The van der Waals surface area contributed by atoms with Gasteiger partial charge in [0, 0.05) is 34.1 Å². The maximum absolute atomic E-state index is 2.44. The molecule has 0 spiro atoms. The second-order valence-electron chi connectivity index (χ2n) is 21.0. The van der Waals surface area contributed by atoms with Gasteiger partial charge in [0.2, 0.25) is 0 Å². The molecule has 0 atom stereocenters. The Morgan fingerprint density at radius 2 is 0.472 bits per heavy atom. The Morgan fingerprint density at radius 1 is 0.222 bits per heavy atom. The van der Waals surface area contributed by atoms with Crippen molar-refractivity contribution in [3.8, 4) is 44.5 Å². The van der Waals surface area contributed by atoms with E-state index in [2.05, 4.69) is 304 Å². The van der Waals surface area contributed by atoms with E-state index in [1.54, 1.807) is 0 Å². The molecular weight excluding hydrogens is 901 g/mol. The van der Waals surface area contributed by atoms with Crippen molar-refractivity contribution in [3.05, 3.63) is 255 Å². The van der Waals surface area contributed by atoms with Crippen LogP contribution in [0.25, 0.3) is 66.1 Å². The van der Waals surface area contributed by atoms with E-state index in [-0.39, 0.29) is 0 Å². The van der Waals surface area contributed by atoms with Crippen molar-refractivity contribution in [1.29, 1.82) is 0 Å². The molecule has 0 N–H and O–H groups in total. The number of rotatable bonds is 12. The van der Waals surface area contributed by atoms with Crippen LogP contribution in [0.3, 0.4) is 0 Å². The highest BCUT2D eigenvalue weighted by Crippen LogP contribution is 2.48. The highest BCUT2D eigenvalue weighted by Gasteiger charge is 2.24. The number of hydrogen-bond acceptors (Lipinski definition) is 2. The number of anilines is 6. The Kier molecular flexibility index (Phi) is 12.4. The summed E-state index contributed by atoms with van der Waals surface area (Å²) in [5.41, 5.74) is 16.3. The number of hydrogen-bond donors (Lipinski definition) is 0. The lowest BCUT2D eigenvalue weighted by molar-refractivity contribution is 1.29. The van der Waals surface area contributed by atoms with Gasteiger partial charge in [-0.3, -0.25) is 0 Å². The summed E-state index contributed by atoms with van der Waals surface area (Å²) in [6.45, 7) is 14.5. The van der Waals surface area contributed by atoms with E-state index in [0.717, 1.165) is 34.1 Å². The van der Waals surface area contributed by atoms with Crippen LogP contribution in [0.4, 0.5) is 34.1 Å². The fourth-order valence-corrected chi connectivity index (χ4v) is 12.6. The standard InChI is InChI=1S/C68H60N2Si2/c1-71(2,3)61-41-35-57(36-42-61)69(55-31-27-51(28-32-55)49-19-11-7-12-20-49)59-39-45-63-65(47-59)67(53-23-15-9-16-24-53)64-46-40-60(48-66(64)68(63)54-25-17-10-18-26-54)70(58-37-43-62(44-38-58)72(4,5)6)56-33-29-52(30-34-56)50-21-13-8-14-22-50/h7-48H,1-6H3. The minimum Gasteiger partial charge on any atom is -0.310 e. The Balaban J connectivity index is 1.15. The molecule has 0 radical (unpaired) electrons. The minimum atomic E-state index is -1.54. The third-order valence-corrected chi connectivity index (χ3v) is 18.3. The first-order valence-corrected chi connectivity index (χ1v) is 32.2. The molecule has 72 heavy (non-hydrogen) atoms. The molecule has 0 aromatic heterocycles. The molecule has 0 saturated carbocycles. The number of benzene rings is 11. The molecule has 0 fully saturated rings. The molecule has 0 aliphatic rings. The van der Waals surface area contributed by atoms with Crippen LogP contribution in [0.1, 0.15) is 0 Å². The van der Waals surface area contributed by atoms with Gasteiger partial charge in [-0.05, 0) is 139 Å². The van der Waals surface area contributed by atoms with Gasteiger partial charge in [-0.15, -0.1) is 0 Å². The Hall–Kier alpha value is -8.03. The molecule has 0 saturated heterocycles. The summed E-state index contributed by atoms with van der Waals surface area (Å²) < 4.78 is 0. The normalized spacial score (nSPS) is 11.8. The fraction of sp³-hybridized carbons (Fsp3) is 0.0882. The van der Waals surface area contributed by atoms with Gasteiger partial charge in [-0.25, -0.2) is 0 Å². The topological polar surface area (TPSA) is 6.48 Å². The average molecular weight is 961 g/mol. The van der Waals surface area contributed by atoms with Crippen LogP contribution in [0.2, 0.25) is 39.3 Å². The van der Waals surface area contributed by atoms with Crippen molar-refractivity contribution < 1.29 is 0 Å². The molecule has 350 valence electrons. The average Bonchev–Trinajstić information content (AvgIpc) is 3.41. The zero-order valence-electron chi connectivity index (χ0n) is 42.1. The first-order valence-electron chi connectivity index (χ1n) is 25.2. The van der Waals surface area contributed by atoms with Crippen molar-refractivity contribution in [3.63, 3.8) is 0 Å². The van der Waals surface area contributed by atoms with Gasteiger partial charge in [0.05, 0.1) is 16.1 Å². The Bertz CT molecular complexity index is 3390. The summed E-state index contributed by atoms with van der Waals surface area (Å²) in [6.07, 6.45) is 0. The van der Waals surface area contributed by atoms with Crippen LogP contribution in [0.5, 0.6) is 0 Å². The van der Waals surface area contributed by atoms with E-state index in [0.29, 0.717) is 0 Å². The molecular formula is C68H60N2Si2. The summed E-state index contributed by atoms with van der Waals surface area (Å²) in [4.78, 5) is 4.86. The number of nitrogens with zero attached hydrogens (tertiary/aromatic N) is 2. The Labute approximate surface area is 428 Å². The molecule has 0 heterocycles. The second-order valence-corrected chi connectivity index (χ2v) is 31.2. The lowest BCUT2D eigenvalue weighted by Gasteiger charge is -2.29. The molecule has 11 aromatic carbocycles. The van der Waals surface area contributed by atoms with E-state index in [4.69, 9.17) is 0 Å². The van der Waals surface area contributed by atoms with E-state index in [1.165, 1.54) is 76.4 Å². The fourth-order valence-electron chi connectivity index (χ4n) is 10.3. The third-order valence-electron chi connectivity index (χ3n) is 14.2. The maximum atomic E-state index is 2.44. The molecule has 11 aromatic rings. The molecule has 2 nitrogen and oxygen atoms in total. The zero-order chi connectivity index (χ0) is 49.4. The van der Waals surface area contributed by atoms with Crippen LogP contribution in [0.15, 0.2) is 255 Å². The van der Waals surface area contributed by atoms with Crippen LogP contribution in [-0.4, -0.2) is 16.1 Å². The third kappa shape index (κ3) is 9.23. The largest absolute Gasteiger partial charge is 0.310 e. The summed E-state index contributed by atoms with van der Waals surface area (Å²) in [7, 11) is -3.07. The molecule has 0 unspecified atom stereocenters. The van der Waals surface area contributed by atoms with Crippen LogP contribution in [-0.2, 0) is 0 Å². The van der Waals surface area contributed by atoms with E-state index < -0.39 is 16.1 Å².